The third-order valence-electron chi connectivity index (χ3n) is 2.05. The van der Waals surface area contributed by atoms with Gasteiger partial charge in [-0.3, -0.25) is 0 Å². The zero-order valence-corrected chi connectivity index (χ0v) is 11.9. The molecule has 0 aromatic carbocycles. The Labute approximate surface area is 125 Å². The molecule has 0 aromatic heterocycles. The summed E-state index contributed by atoms with van der Waals surface area (Å²) in [5.74, 6) is -9.15. The van der Waals surface area contributed by atoms with E-state index in [4.69, 9.17) is 0 Å². The van der Waals surface area contributed by atoms with Gasteiger partial charge in [0.2, 0.25) is 0 Å². The molecular weight excluding hydrogens is 363 g/mol. The molecule has 0 spiro atoms. The number of rotatable bonds is 7. The topological polar surface area (TPSA) is 119 Å². The highest BCUT2D eigenvalue weighted by atomic mass is 32.2. The van der Waals surface area contributed by atoms with Crippen molar-refractivity contribution in [2.24, 2.45) is 0 Å². The Kier molecular flexibility index (Phi) is 6.23. The third-order valence-corrected chi connectivity index (χ3v) is 2.90. The summed E-state index contributed by atoms with van der Waals surface area (Å²) in [5, 5.41) is -5.35. The summed E-state index contributed by atoms with van der Waals surface area (Å²) in [6.45, 7) is -0.0217. The number of ether oxygens (including phenoxy) is 3. The summed E-state index contributed by atoms with van der Waals surface area (Å²) in [4.78, 5) is 22.2. The highest BCUT2D eigenvalue weighted by Gasteiger charge is 2.68. The van der Waals surface area contributed by atoms with Crippen LogP contribution in [0.15, 0.2) is 12.7 Å². The van der Waals surface area contributed by atoms with E-state index < -0.39 is 45.9 Å². The molecule has 0 aliphatic rings. The van der Waals surface area contributed by atoms with Crippen LogP contribution in [0.1, 0.15) is 0 Å². The predicted molar refractivity (Wildman–Crippen MR) is 57.7 cm³/mol. The van der Waals surface area contributed by atoms with Crippen molar-refractivity contribution in [3.63, 3.8) is 0 Å². The second-order valence-corrected chi connectivity index (χ2v) is 5.12. The third kappa shape index (κ3) is 4.59. The van der Waals surface area contributed by atoms with Crippen molar-refractivity contribution >= 4 is 22.1 Å². The first-order chi connectivity index (χ1) is 10.1. The standard InChI is InChI=1S/C9H9F5O8S/c1-3-5(15)22-8(6(16)20-2,9(12,13)14)21-4-7(10,11)23(17,18)19/h3H,1,4H2,2H3,(H,17,18,19)/p-1. The van der Waals surface area contributed by atoms with Gasteiger partial charge in [-0.1, -0.05) is 6.58 Å². The molecule has 0 fully saturated rings. The molecule has 14 heteroatoms. The molecule has 0 amide bonds. The number of hydrogen-bond acceptors (Lipinski definition) is 8. The quantitative estimate of drug-likeness (QED) is 0.206. The number of carbonyl (C=O) groups excluding carboxylic acids is 2. The molecule has 23 heavy (non-hydrogen) atoms. The molecule has 0 saturated heterocycles. The van der Waals surface area contributed by atoms with Crippen LogP contribution < -0.4 is 0 Å². The van der Waals surface area contributed by atoms with Crippen LogP contribution in [0.5, 0.6) is 0 Å². The monoisotopic (exact) mass is 371 g/mol. The molecule has 1 unspecified atom stereocenters. The van der Waals surface area contributed by atoms with Crippen LogP contribution in [0, 0.1) is 0 Å². The first kappa shape index (κ1) is 21.2. The highest BCUT2D eigenvalue weighted by Crippen LogP contribution is 2.38. The van der Waals surface area contributed by atoms with Crippen LogP contribution in [0.4, 0.5) is 22.0 Å². The van der Waals surface area contributed by atoms with Crippen LogP contribution in [0.25, 0.3) is 0 Å². The maximum absolute atomic E-state index is 13.0. The lowest BCUT2D eigenvalue weighted by atomic mass is 10.2. The van der Waals surface area contributed by atoms with Crippen molar-refractivity contribution < 1.29 is 58.7 Å². The number of alkyl halides is 5. The van der Waals surface area contributed by atoms with Crippen molar-refractivity contribution in [2.45, 2.75) is 17.2 Å². The number of hydrogen-bond donors (Lipinski definition) is 0. The predicted octanol–water partition coefficient (Wildman–Crippen LogP) is 0.302. The Morgan fingerprint density at radius 2 is 1.70 bits per heavy atom. The summed E-state index contributed by atoms with van der Waals surface area (Å²) in [6, 6.07) is 0. The smallest absolute Gasteiger partial charge is 0.468 e. The summed E-state index contributed by atoms with van der Waals surface area (Å²) in [5.41, 5.74) is 0. The maximum Gasteiger partial charge on any atom is 0.468 e. The van der Waals surface area contributed by atoms with Gasteiger partial charge in [-0.15, -0.1) is 0 Å². The van der Waals surface area contributed by atoms with Crippen molar-refractivity contribution in [1.82, 2.24) is 0 Å². The minimum atomic E-state index is -6.43. The number of esters is 2. The van der Waals surface area contributed by atoms with Gasteiger partial charge in [0.25, 0.3) is 0 Å². The first-order valence-corrected chi connectivity index (χ1v) is 6.53. The number of carbonyl (C=O) groups is 2. The Morgan fingerprint density at radius 1 is 1.22 bits per heavy atom. The van der Waals surface area contributed by atoms with E-state index in [1.165, 1.54) is 0 Å². The minimum Gasteiger partial charge on any atom is -0.743 e. The van der Waals surface area contributed by atoms with Gasteiger partial charge in [0.15, 0.2) is 10.1 Å². The molecule has 0 heterocycles. The average Bonchev–Trinajstić information content (AvgIpc) is 2.39. The van der Waals surface area contributed by atoms with Crippen molar-refractivity contribution in [3.05, 3.63) is 12.7 Å². The molecular formula is C9H8F5O8S-. The molecule has 0 aliphatic carbocycles. The van der Waals surface area contributed by atoms with E-state index in [1.54, 1.807) is 0 Å². The van der Waals surface area contributed by atoms with E-state index in [0.29, 0.717) is 7.11 Å². The van der Waals surface area contributed by atoms with E-state index in [1.807, 2.05) is 0 Å². The SMILES string of the molecule is C=CC(=O)OC(OCC(F)(F)S(=O)(=O)[O-])(C(=O)OC)C(F)(F)F. The second-order valence-electron chi connectivity index (χ2n) is 3.61. The molecule has 134 valence electrons. The average molecular weight is 371 g/mol. The highest BCUT2D eigenvalue weighted by molar-refractivity contribution is 7.86. The van der Waals surface area contributed by atoms with Crippen molar-refractivity contribution in [1.29, 1.82) is 0 Å². The molecule has 0 rings (SSSR count). The zero-order valence-electron chi connectivity index (χ0n) is 11.1. The van der Waals surface area contributed by atoms with Crippen LogP contribution in [0.2, 0.25) is 0 Å². The van der Waals surface area contributed by atoms with Gasteiger partial charge in [0, 0.05) is 6.08 Å². The van der Waals surface area contributed by atoms with E-state index in [2.05, 4.69) is 20.8 Å². The molecule has 0 N–H and O–H groups in total. The Balaban J connectivity index is 5.90. The fraction of sp³-hybridized carbons (Fsp3) is 0.556. The summed E-state index contributed by atoms with van der Waals surface area (Å²) < 4.78 is 106. The second kappa shape index (κ2) is 6.76. The van der Waals surface area contributed by atoms with Gasteiger partial charge < -0.3 is 18.8 Å². The largest absolute Gasteiger partial charge is 0.743 e. The molecule has 0 radical (unpaired) electrons. The molecule has 1 atom stereocenters. The van der Waals surface area contributed by atoms with Crippen molar-refractivity contribution in [3.8, 4) is 0 Å². The van der Waals surface area contributed by atoms with Gasteiger partial charge in [-0.2, -0.15) is 22.0 Å². The molecule has 0 bridgehead atoms. The maximum atomic E-state index is 13.0. The van der Waals surface area contributed by atoms with Gasteiger partial charge in [0.05, 0.1) is 7.11 Å². The lowest BCUT2D eigenvalue weighted by Crippen LogP contribution is -2.59. The van der Waals surface area contributed by atoms with E-state index >= 15 is 0 Å². The molecule has 8 nitrogen and oxygen atoms in total. The Bertz CT molecular complexity index is 583. The fourth-order valence-electron chi connectivity index (χ4n) is 0.961. The van der Waals surface area contributed by atoms with Gasteiger partial charge in [-0.25, -0.2) is 18.0 Å². The van der Waals surface area contributed by atoms with Gasteiger partial charge in [-0.05, 0) is 0 Å². The van der Waals surface area contributed by atoms with Crippen LogP contribution >= 0.6 is 0 Å². The number of halogens is 5. The Morgan fingerprint density at radius 3 is 2.00 bits per heavy atom. The molecule has 0 aromatic rings. The normalized spacial score (nSPS) is 15.4. The number of methoxy groups -OCH3 is 1. The van der Waals surface area contributed by atoms with Crippen LogP contribution in [-0.4, -0.2) is 55.8 Å². The Hall–Kier alpha value is -1.80. The summed E-state index contributed by atoms with van der Waals surface area (Å²) in [7, 11) is -6.05. The lowest BCUT2D eigenvalue weighted by Gasteiger charge is -2.32. The summed E-state index contributed by atoms with van der Waals surface area (Å²) >= 11 is 0. The zero-order chi connectivity index (χ0) is 18.7. The molecule has 0 saturated carbocycles. The van der Waals surface area contributed by atoms with E-state index in [0.717, 1.165) is 0 Å². The lowest BCUT2D eigenvalue weighted by molar-refractivity contribution is -0.359. The molecule has 0 aliphatic heterocycles. The van der Waals surface area contributed by atoms with E-state index in [9.17, 15) is 44.5 Å². The fourth-order valence-corrected chi connectivity index (χ4v) is 1.16. The van der Waals surface area contributed by atoms with Gasteiger partial charge in [0.1, 0.15) is 6.61 Å². The van der Waals surface area contributed by atoms with Crippen molar-refractivity contribution in [2.75, 3.05) is 13.7 Å². The van der Waals surface area contributed by atoms with Gasteiger partial charge >= 0.3 is 29.2 Å². The van der Waals surface area contributed by atoms with Crippen LogP contribution in [0.3, 0.4) is 0 Å². The van der Waals surface area contributed by atoms with E-state index in [-0.39, 0.29) is 6.08 Å². The minimum absolute atomic E-state index is 0.134. The first-order valence-electron chi connectivity index (χ1n) is 5.12. The van der Waals surface area contributed by atoms with Crippen LogP contribution in [-0.2, 0) is 33.9 Å². The summed E-state index contributed by atoms with van der Waals surface area (Å²) in [6.07, 6.45) is -5.82.